The summed E-state index contributed by atoms with van der Waals surface area (Å²) < 4.78 is 0.765. The van der Waals surface area contributed by atoms with E-state index >= 15 is 0 Å². The first-order valence-corrected chi connectivity index (χ1v) is 4.18. The maximum atomic E-state index is 8.67. The number of benzene rings is 1. The predicted octanol–water partition coefficient (Wildman–Crippen LogP) is 3.28. The van der Waals surface area contributed by atoms with E-state index in [1.54, 1.807) is 0 Å². The van der Waals surface area contributed by atoms with Crippen LogP contribution in [0.25, 0.3) is 0 Å². The fourth-order valence-electron chi connectivity index (χ4n) is 0.784. The van der Waals surface area contributed by atoms with Crippen LogP contribution in [0.2, 0.25) is 5.02 Å². The Morgan fingerprint density at radius 1 is 1.55 bits per heavy atom. The number of rotatable bonds is 0. The predicted molar refractivity (Wildman–Crippen MR) is 48.6 cm³/mol. The Kier molecular flexibility index (Phi) is 2.53. The molecule has 0 spiro atoms. The van der Waals surface area contributed by atoms with Crippen molar-refractivity contribution in [2.45, 2.75) is 6.92 Å². The number of nitrogens with zero attached hydrogens (tertiary/aromatic N) is 1. The highest BCUT2D eigenvalue weighted by atomic mass is 79.9. The number of nitriles is 1. The Balaban J connectivity index is 3.44. The van der Waals surface area contributed by atoms with Crippen molar-refractivity contribution in [3.8, 4) is 6.07 Å². The summed E-state index contributed by atoms with van der Waals surface area (Å²) in [5.41, 5.74) is 1.45. The summed E-state index contributed by atoms with van der Waals surface area (Å²) >= 11 is 9.07. The Bertz CT molecular complexity index is 328. The maximum absolute atomic E-state index is 8.67. The zero-order valence-electron chi connectivity index (χ0n) is 5.86. The third kappa shape index (κ3) is 1.55. The van der Waals surface area contributed by atoms with Crippen LogP contribution in [-0.2, 0) is 0 Å². The zero-order chi connectivity index (χ0) is 8.43. The zero-order valence-corrected chi connectivity index (χ0v) is 8.20. The highest BCUT2D eigenvalue weighted by molar-refractivity contribution is 9.10. The van der Waals surface area contributed by atoms with E-state index in [1.807, 2.05) is 25.1 Å². The topological polar surface area (TPSA) is 23.8 Å². The normalized spacial score (nSPS) is 9.27. The van der Waals surface area contributed by atoms with Crippen molar-refractivity contribution in [2.24, 2.45) is 0 Å². The third-order valence-corrected chi connectivity index (χ3v) is 2.70. The Hall–Kier alpha value is -0.520. The van der Waals surface area contributed by atoms with Crippen LogP contribution in [0.4, 0.5) is 0 Å². The summed E-state index contributed by atoms with van der Waals surface area (Å²) in [5.74, 6) is 0. The van der Waals surface area contributed by atoms with Crippen molar-refractivity contribution in [1.29, 1.82) is 5.26 Å². The number of hydrogen-bond donors (Lipinski definition) is 0. The maximum Gasteiger partial charge on any atom is 0.101 e. The second-order valence-corrected chi connectivity index (χ2v) is 3.40. The van der Waals surface area contributed by atoms with Crippen LogP contribution >= 0.6 is 27.5 Å². The molecule has 0 radical (unpaired) electrons. The first kappa shape index (κ1) is 8.58. The Morgan fingerprint density at radius 2 is 2.18 bits per heavy atom. The molecule has 0 bridgehead atoms. The van der Waals surface area contributed by atoms with Crippen molar-refractivity contribution in [3.63, 3.8) is 0 Å². The molecule has 0 atom stereocenters. The Labute approximate surface area is 78.7 Å². The average molecular weight is 230 g/mol. The molecule has 11 heavy (non-hydrogen) atoms. The fraction of sp³-hybridized carbons (Fsp3) is 0.125. The van der Waals surface area contributed by atoms with Crippen molar-refractivity contribution in [1.82, 2.24) is 0 Å². The van der Waals surface area contributed by atoms with Gasteiger partial charge < -0.3 is 0 Å². The molecule has 0 fully saturated rings. The minimum atomic E-state index is 0.493. The minimum Gasteiger partial charge on any atom is -0.192 e. The smallest absolute Gasteiger partial charge is 0.101 e. The number of hydrogen-bond acceptors (Lipinski definition) is 1. The monoisotopic (exact) mass is 229 g/mol. The van der Waals surface area contributed by atoms with Crippen LogP contribution in [0.1, 0.15) is 11.1 Å². The lowest BCUT2D eigenvalue weighted by Gasteiger charge is -2.00. The van der Waals surface area contributed by atoms with Crippen LogP contribution in [-0.4, -0.2) is 0 Å². The van der Waals surface area contributed by atoms with Crippen LogP contribution in [0.15, 0.2) is 16.6 Å². The third-order valence-electron chi connectivity index (χ3n) is 1.41. The van der Waals surface area contributed by atoms with Crippen LogP contribution < -0.4 is 0 Å². The van der Waals surface area contributed by atoms with Gasteiger partial charge in [0.1, 0.15) is 6.07 Å². The van der Waals surface area contributed by atoms with Crippen molar-refractivity contribution < 1.29 is 0 Å². The first-order chi connectivity index (χ1) is 5.16. The van der Waals surface area contributed by atoms with Gasteiger partial charge in [0.15, 0.2) is 0 Å². The molecule has 0 saturated heterocycles. The average Bonchev–Trinajstić information content (AvgIpc) is 1.99. The van der Waals surface area contributed by atoms with Gasteiger partial charge in [-0.15, -0.1) is 0 Å². The van der Waals surface area contributed by atoms with Gasteiger partial charge in [-0.2, -0.15) is 5.26 Å². The second-order valence-electron chi connectivity index (χ2n) is 2.17. The summed E-state index contributed by atoms with van der Waals surface area (Å²) in [6.07, 6.45) is 0. The van der Waals surface area contributed by atoms with Crippen molar-refractivity contribution in [3.05, 3.63) is 32.8 Å². The van der Waals surface area contributed by atoms with Gasteiger partial charge in [0.25, 0.3) is 0 Å². The van der Waals surface area contributed by atoms with Gasteiger partial charge in [0.2, 0.25) is 0 Å². The molecule has 0 heterocycles. The van der Waals surface area contributed by atoms with E-state index < -0.39 is 0 Å². The summed E-state index contributed by atoms with van der Waals surface area (Å²) in [6, 6.07) is 5.73. The molecular weight excluding hydrogens is 225 g/mol. The van der Waals surface area contributed by atoms with E-state index in [0.717, 1.165) is 10.0 Å². The molecule has 56 valence electrons. The highest BCUT2D eigenvalue weighted by Crippen LogP contribution is 2.27. The highest BCUT2D eigenvalue weighted by Gasteiger charge is 2.05. The molecular formula is C8H5BrClN. The standard InChI is InChI=1S/C8H5BrClN/c1-5-2-3-7(9)8(10)6(5)4-11/h2-3H,1H3. The van der Waals surface area contributed by atoms with Gasteiger partial charge in [-0.1, -0.05) is 17.7 Å². The molecule has 1 aromatic rings. The van der Waals surface area contributed by atoms with Crippen molar-refractivity contribution in [2.75, 3.05) is 0 Å². The lowest BCUT2D eigenvalue weighted by molar-refractivity contribution is 1.38. The molecule has 0 unspecified atom stereocenters. The van der Waals surface area contributed by atoms with E-state index in [4.69, 9.17) is 16.9 Å². The summed E-state index contributed by atoms with van der Waals surface area (Å²) in [4.78, 5) is 0. The lowest BCUT2D eigenvalue weighted by atomic mass is 10.1. The molecule has 0 aliphatic rings. The second kappa shape index (κ2) is 3.25. The molecule has 1 nitrogen and oxygen atoms in total. The largest absolute Gasteiger partial charge is 0.192 e. The summed E-state index contributed by atoms with van der Waals surface area (Å²) in [7, 11) is 0. The molecule has 1 rings (SSSR count). The molecule has 1 aromatic carbocycles. The fourth-order valence-corrected chi connectivity index (χ4v) is 1.37. The molecule has 0 aliphatic carbocycles. The molecule has 0 aliphatic heterocycles. The summed E-state index contributed by atoms with van der Waals surface area (Å²) in [6.45, 7) is 1.86. The van der Waals surface area contributed by atoms with E-state index in [9.17, 15) is 0 Å². The van der Waals surface area contributed by atoms with Gasteiger partial charge in [0.05, 0.1) is 10.6 Å². The minimum absolute atomic E-state index is 0.493. The molecule has 3 heteroatoms. The van der Waals surface area contributed by atoms with E-state index in [-0.39, 0.29) is 0 Å². The number of halogens is 2. The Morgan fingerprint density at radius 3 is 2.64 bits per heavy atom. The van der Waals surface area contributed by atoms with Gasteiger partial charge in [0, 0.05) is 4.47 Å². The lowest BCUT2D eigenvalue weighted by Crippen LogP contribution is -1.83. The molecule has 0 amide bonds. The van der Waals surface area contributed by atoms with E-state index in [2.05, 4.69) is 15.9 Å². The van der Waals surface area contributed by atoms with E-state index in [0.29, 0.717) is 10.6 Å². The van der Waals surface area contributed by atoms with Gasteiger partial charge in [-0.05, 0) is 34.5 Å². The van der Waals surface area contributed by atoms with Gasteiger partial charge in [-0.25, -0.2) is 0 Å². The van der Waals surface area contributed by atoms with E-state index in [1.165, 1.54) is 0 Å². The molecule has 0 saturated carbocycles. The number of aryl methyl sites for hydroxylation is 1. The van der Waals surface area contributed by atoms with Gasteiger partial charge >= 0.3 is 0 Å². The van der Waals surface area contributed by atoms with Crippen LogP contribution in [0.3, 0.4) is 0 Å². The molecule has 0 aromatic heterocycles. The first-order valence-electron chi connectivity index (χ1n) is 3.01. The van der Waals surface area contributed by atoms with Crippen molar-refractivity contribution >= 4 is 27.5 Å². The quantitative estimate of drug-likeness (QED) is 0.671. The SMILES string of the molecule is Cc1ccc(Br)c(Cl)c1C#N. The van der Waals surface area contributed by atoms with Gasteiger partial charge in [-0.3, -0.25) is 0 Å². The van der Waals surface area contributed by atoms with Crippen LogP contribution in [0, 0.1) is 18.3 Å². The molecule has 0 N–H and O–H groups in total. The summed E-state index contributed by atoms with van der Waals surface area (Å²) in [5, 5.41) is 9.16. The van der Waals surface area contributed by atoms with Crippen LogP contribution in [0.5, 0.6) is 0 Å².